The van der Waals surface area contributed by atoms with Crippen molar-refractivity contribution < 1.29 is 9.53 Å². The van der Waals surface area contributed by atoms with Crippen molar-refractivity contribution in [2.75, 3.05) is 13.6 Å². The fourth-order valence-electron chi connectivity index (χ4n) is 0.803. The van der Waals surface area contributed by atoms with Crippen molar-refractivity contribution in [2.45, 2.75) is 45.1 Å². The Kier molecular flexibility index (Phi) is 5.27. The van der Waals surface area contributed by atoms with Crippen LogP contribution in [0.5, 0.6) is 0 Å². The molecule has 0 radical (unpaired) electrons. The number of halogens is 1. The molecule has 0 spiro atoms. The van der Waals surface area contributed by atoms with Gasteiger partial charge in [0.25, 0.3) is 0 Å². The van der Waals surface area contributed by atoms with Gasteiger partial charge in [-0.2, -0.15) is 0 Å². The first kappa shape index (κ1) is 13.6. The second kappa shape index (κ2) is 5.44. The highest BCUT2D eigenvalue weighted by molar-refractivity contribution is 6.20. The number of hydrogen-bond donors (Lipinski definition) is 0. The molecular formula is C10H20ClNO2. The molecule has 0 aromatic carbocycles. The quantitative estimate of drug-likeness (QED) is 0.686. The second-order valence-corrected chi connectivity index (χ2v) is 5.22. The summed E-state index contributed by atoms with van der Waals surface area (Å²) in [5.41, 5.74) is -0.433. The molecule has 1 atom stereocenters. The van der Waals surface area contributed by atoms with Gasteiger partial charge in [-0.1, -0.05) is 0 Å². The van der Waals surface area contributed by atoms with E-state index in [1.54, 1.807) is 11.9 Å². The van der Waals surface area contributed by atoms with Gasteiger partial charge >= 0.3 is 6.09 Å². The number of carbonyl (C=O) groups is 1. The summed E-state index contributed by atoms with van der Waals surface area (Å²) >= 11 is 5.78. The van der Waals surface area contributed by atoms with Crippen molar-refractivity contribution in [2.24, 2.45) is 0 Å². The van der Waals surface area contributed by atoms with E-state index in [1.165, 1.54) is 0 Å². The van der Waals surface area contributed by atoms with E-state index in [0.29, 0.717) is 6.54 Å². The van der Waals surface area contributed by atoms with Crippen LogP contribution in [0.1, 0.15) is 34.1 Å². The van der Waals surface area contributed by atoms with E-state index >= 15 is 0 Å². The standard InChI is InChI=1S/C10H20ClNO2/c1-8(11)6-7-12(5)9(13)14-10(2,3)4/h8H,6-7H2,1-5H3. The first-order valence-corrected chi connectivity index (χ1v) is 5.24. The summed E-state index contributed by atoms with van der Waals surface area (Å²) in [7, 11) is 1.72. The van der Waals surface area contributed by atoms with Gasteiger partial charge in [-0.25, -0.2) is 4.79 Å². The maximum atomic E-state index is 11.4. The number of ether oxygens (including phenoxy) is 1. The van der Waals surface area contributed by atoms with Gasteiger partial charge < -0.3 is 9.64 Å². The van der Waals surface area contributed by atoms with Gasteiger partial charge in [0.05, 0.1) is 0 Å². The number of nitrogens with zero attached hydrogens (tertiary/aromatic N) is 1. The van der Waals surface area contributed by atoms with E-state index in [1.807, 2.05) is 27.7 Å². The minimum absolute atomic E-state index is 0.0832. The topological polar surface area (TPSA) is 29.5 Å². The van der Waals surface area contributed by atoms with E-state index in [-0.39, 0.29) is 11.5 Å². The van der Waals surface area contributed by atoms with Crippen molar-refractivity contribution in [1.82, 2.24) is 4.90 Å². The average Bonchev–Trinajstić information content (AvgIpc) is 1.96. The minimum Gasteiger partial charge on any atom is -0.444 e. The molecule has 0 bridgehead atoms. The lowest BCUT2D eigenvalue weighted by Gasteiger charge is -2.24. The van der Waals surface area contributed by atoms with Gasteiger partial charge in [0.1, 0.15) is 5.60 Å². The van der Waals surface area contributed by atoms with E-state index in [4.69, 9.17) is 16.3 Å². The summed E-state index contributed by atoms with van der Waals surface area (Å²) in [5, 5.41) is 0.0832. The SMILES string of the molecule is CC(Cl)CCN(C)C(=O)OC(C)(C)C. The summed E-state index contributed by atoms with van der Waals surface area (Å²) in [5.74, 6) is 0. The maximum Gasteiger partial charge on any atom is 0.410 e. The normalized spacial score (nSPS) is 13.6. The molecule has 0 rings (SSSR count). The molecule has 3 nitrogen and oxygen atoms in total. The minimum atomic E-state index is -0.433. The Morgan fingerprint density at radius 2 is 2.00 bits per heavy atom. The number of amides is 1. The van der Waals surface area contributed by atoms with Crippen LogP contribution in [0.4, 0.5) is 4.79 Å². The van der Waals surface area contributed by atoms with Gasteiger partial charge in [0.15, 0.2) is 0 Å². The number of rotatable bonds is 3. The Morgan fingerprint density at radius 3 is 2.36 bits per heavy atom. The Hall–Kier alpha value is -0.440. The number of alkyl halides is 1. The summed E-state index contributed by atoms with van der Waals surface area (Å²) in [6, 6.07) is 0. The van der Waals surface area contributed by atoms with Crippen LogP contribution in [-0.2, 0) is 4.74 Å². The third-order valence-corrected chi connectivity index (χ3v) is 1.79. The predicted molar refractivity (Wildman–Crippen MR) is 58.8 cm³/mol. The number of carbonyl (C=O) groups excluding carboxylic acids is 1. The molecule has 0 saturated carbocycles. The van der Waals surface area contributed by atoms with Crippen LogP contribution < -0.4 is 0 Å². The molecular weight excluding hydrogens is 202 g/mol. The zero-order chi connectivity index (χ0) is 11.4. The molecule has 0 heterocycles. The fourth-order valence-corrected chi connectivity index (χ4v) is 0.900. The fraction of sp³-hybridized carbons (Fsp3) is 0.900. The monoisotopic (exact) mass is 221 g/mol. The van der Waals surface area contributed by atoms with Gasteiger partial charge in [0.2, 0.25) is 0 Å². The van der Waals surface area contributed by atoms with Crippen molar-refractivity contribution in [3.63, 3.8) is 0 Å². The van der Waals surface area contributed by atoms with Gasteiger partial charge in [0, 0.05) is 19.0 Å². The molecule has 0 aliphatic rings. The first-order valence-electron chi connectivity index (χ1n) is 4.80. The van der Waals surface area contributed by atoms with E-state index in [0.717, 1.165) is 6.42 Å². The Morgan fingerprint density at radius 1 is 1.50 bits per heavy atom. The highest BCUT2D eigenvalue weighted by Crippen LogP contribution is 2.10. The van der Waals surface area contributed by atoms with Crippen LogP contribution in [0.15, 0.2) is 0 Å². The smallest absolute Gasteiger partial charge is 0.410 e. The first-order chi connectivity index (χ1) is 6.22. The molecule has 0 aliphatic heterocycles. The molecule has 84 valence electrons. The van der Waals surface area contributed by atoms with Crippen LogP contribution in [0.25, 0.3) is 0 Å². The molecule has 0 saturated heterocycles. The average molecular weight is 222 g/mol. The van der Waals surface area contributed by atoms with Crippen LogP contribution in [0.2, 0.25) is 0 Å². The molecule has 1 unspecified atom stereocenters. The molecule has 0 aromatic heterocycles. The van der Waals surface area contributed by atoms with Crippen molar-refractivity contribution in [1.29, 1.82) is 0 Å². The molecule has 1 amide bonds. The Labute approximate surface area is 91.4 Å². The molecule has 14 heavy (non-hydrogen) atoms. The van der Waals surface area contributed by atoms with Crippen LogP contribution in [0.3, 0.4) is 0 Å². The summed E-state index contributed by atoms with van der Waals surface area (Å²) in [4.78, 5) is 13.0. The highest BCUT2D eigenvalue weighted by Gasteiger charge is 2.19. The van der Waals surface area contributed by atoms with E-state index in [9.17, 15) is 4.79 Å². The van der Waals surface area contributed by atoms with Crippen molar-refractivity contribution in [3.05, 3.63) is 0 Å². The highest BCUT2D eigenvalue weighted by atomic mass is 35.5. The molecule has 0 aromatic rings. The van der Waals surface area contributed by atoms with Crippen molar-refractivity contribution in [3.8, 4) is 0 Å². The second-order valence-electron chi connectivity index (χ2n) is 4.47. The van der Waals surface area contributed by atoms with Crippen molar-refractivity contribution >= 4 is 17.7 Å². The van der Waals surface area contributed by atoms with Crippen LogP contribution in [0, 0.1) is 0 Å². The zero-order valence-electron chi connectivity index (χ0n) is 9.63. The van der Waals surface area contributed by atoms with Gasteiger partial charge in [-0.15, -0.1) is 11.6 Å². The lowest BCUT2D eigenvalue weighted by atomic mass is 10.2. The predicted octanol–water partition coefficient (Wildman–Crippen LogP) is 2.87. The Balaban J connectivity index is 3.88. The summed E-state index contributed by atoms with van der Waals surface area (Å²) in [6.07, 6.45) is 0.479. The molecule has 0 aliphatic carbocycles. The summed E-state index contributed by atoms with van der Waals surface area (Å²) < 4.78 is 5.18. The van der Waals surface area contributed by atoms with E-state index in [2.05, 4.69) is 0 Å². The van der Waals surface area contributed by atoms with Gasteiger partial charge in [-0.3, -0.25) is 0 Å². The lowest BCUT2D eigenvalue weighted by molar-refractivity contribution is 0.0297. The molecule has 0 N–H and O–H groups in total. The number of hydrogen-bond acceptors (Lipinski definition) is 2. The lowest BCUT2D eigenvalue weighted by Crippen LogP contribution is -2.35. The molecule has 0 fully saturated rings. The third-order valence-electron chi connectivity index (χ3n) is 1.57. The van der Waals surface area contributed by atoms with Crippen LogP contribution in [-0.4, -0.2) is 35.6 Å². The van der Waals surface area contributed by atoms with Gasteiger partial charge in [-0.05, 0) is 34.1 Å². The van der Waals surface area contributed by atoms with Crippen LogP contribution >= 0.6 is 11.6 Å². The van der Waals surface area contributed by atoms with E-state index < -0.39 is 5.60 Å². The zero-order valence-corrected chi connectivity index (χ0v) is 10.4. The summed E-state index contributed by atoms with van der Waals surface area (Å²) in [6.45, 7) is 8.08. The Bertz CT molecular complexity index is 187. The largest absolute Gasteiger partial charge is 0.444 e. The third kappa shape index (κ3) is 7.01. The molecule has 4 heteroatoms. The maximum absolute atomic E-state index is 11.4.